The minimum absolute atomic E-state index is 0.0284. The van der Waals surface area contributed by atoms with Gasteiger partial charge in [-0.1, -0.05) is 0 Å². The second-order valence-corrected chi connectivity index (χ2v) is 7.84. The van der Waals surface area contributed by atoms with Crippen molar-refractivity contribution in [1.82, 2.24) is 14.8 Å². The second-order valence-electron chi connectivity index (χ2n) is 7.84. The van der Waals surface area contributed by atoms with Crippen LogP contribution in [0.2, 0.25) is 0 Å². The SMILES string of the molecule is O=C(NCC12CCCN1CCC2)c1c2n(c3ccc(F)cc13)CCC2. The van der Waals surface area contributed by atoms with Gasteiger partial charge in [0.15, 0.2) is 0 Å². The van der Waals surface area contributed by atoms with Crippen LogP contribution in [0.1, 0.15) is 48.2 Å². The molecule has 25 heavy (non-hydrogen) atoms. The van der Waals surface area contributed by atoms with Crippen LogP contribution in [-0.2, 0) is 13.0 Å². The maximum Gasteiger partial charge on any atom is 0.253 e. The van der Waals surface area contributed by atoms with Crippen molar-refractivity contribution in [2.75, 3.05) is 19.6 Å². The van der Waals surface area contributed by atoms with Gasteiger partial charge in [-0.05, 0) is 69.8 Å². The van der Waals surface area contributed by atoms with Crippen molar-refractivity contribution in [3.05, 3.63) is 35.3 Å². The zero-order chi connectivity index (χ0) is 17.0. The van der Waals surface area contributed by atoms with Crippen molar-refractivity contribution in [3.63, 3.8) is 0 Å². The highest BCUT2D eigenvalue weighted by Crippen LogP contribution is 2.38. The predicted octanol–water partition coefficient (Wildman–Crippen LogP) is 3.08. The lowest BCUT2D eigenvalue weighted by Gasteiger charge is -2.32. The molecule has 5 rings (SSSR count). The molecule has 0 radical (unpaired) electrons. The molecule has 5 heteroatoms. The van der Waals surface area contributed by atoms with Crippen LogP contribution in [-0.4, -0.2) is 40.5 Å². The fourth-order valence-electron chi connectivity index (χ4n) is 5.40. The van der Waals surface area contributed by atoms with E-state index in [1.165, 1.54) is 37.8 Å². The highest BCUT2D eigenvalue weighted by molar-refractivity contribution is 6.08. The van der Waals surface area contributed by atoms with Crippen molar-refractivity contribution >= 4 is 16.8 Å². The maximum atomic E-state index is 13.8. The number of aromatic nitrogens is 1. The summed E-state index contributed by atoms with van der Waals surface area (Å²) in [5.41, 5.74) is 2.93. The number of hydrogen-bond acceptors (Lipinski definition) is 2. The van der Waals surface area contributed by atoms with Crippen LogP contribution in [0.15, 0.2) is 18.2 Å². The molecule has 4 nitrogen and oxygen atoms in total. The minimum atomic E-state index is -0.276. The van der Waals surface area contributed by atoms with Crippen molar-refractivity contribution in [2.24, 2.45) is 0 Å². The number of hydrogen-bond donors (Lipinski definition) is 1. The molecule has 0 unspecified atom stereocenters. The van der Waals surface area contributed by atoms with E-state index in [2.05, 4.69) is 14.8 Å². The van der Waals surface area contributed by atoms with Crippen LogP contribution in [0.5, 0.6) is 0 Å². The summed E-state index contributed by atoms with van der Waals surface area (Å²) >= 11 is 0. The summed E-state index contributed by atoms with van der Waals surface area (Å²) in [4.78, 5) is 15.6. The lowest BCUT2D eigenvalue weighted by atomic mass is 9.94. The molecule has 2 fully saturated rings. The Kier molecular flexibility index (Phi) is 3.42. The van der Waals surface area contributed by atoms with Crippen LogP contribution < -0.4 is 5.32 Å². The van der Waals surface area contributed by atoms with Crippen LogP contribution in [0.4, 0.5) is 4.39 Å². The van der Waals surface area contributed by atoms with Crippen LogP contribution >= 0.6 is 0 Å². The standard InChI is InChI=1S/C20H24FN3O/c21-14-5-6-16-15(12-14)18(17-4-1-11-24(16)17)19(25)22-13-20-7-2-9-23(20)10-3-8-20/h5-6,12H,1-4,7-11,13H2,(H,22,25). The molecule has 0 saturated carbocycles. The first kappa shape index (κ1) is 15.4. The van der Waals surface area contributed by atoms with Crippen LogP contribution in [0, 0.1) is 5.82 Å². The van der Waals surface area contributed by atoms with Crippen molar-refractivity contribution in [1.29, 1.82) is 0 Å². The number of fused-ring (bicyclic) bond motifs is 4. The van der Waals surface area contributed by atoms with E-state index in [-0.39, 0.29) is 17.3 Å². The molecular formula is C20H24FN3O. The molecule has 0 spiro atoms. The number of aryl methyl sites for hydroxylation is 1. The van der Waals surface area contributed by atoms with E-state index in [1.807, 2.05) is 6.07 Å². The molecule has 4 heterocycles. The summed E-state index contributed by atoms with van der Waals surface area (Å²) < 4.78 is 16.0. The minimum Gasteiger partial charge on any atom is -0.350 e. The fraction of sp³-hybridized carbons (Fsp3) is 0.550. The number of rotatable bonds is 3. The average molecular weight is 341 g/mol. The summed E-state index contributed by atoms with van der Waals surface area (Å²) in [6.45, 7) is 3.95. The normalized spacial score (nSPS) is 21.6. The van der Waals surface area contributed by atoms with Crippen molar-refractivity contribution in [2.45, 2.75) is 50.6 Å². The lowest BCUT2D eigenvalue weighted by Crippen LogP contribution is -2.48. The quantitative estimate of drug-likeness (QED) is 0.931. The van der Waals surface area contributed by atoms with E-state index in [1.54, 1.807) is 0 Å². The second kappa shape index (κ2) is 5.56. The first-order valence-electron chi connectivity index (χ1n) is 9.52. The Bertz CT molecular complexity index is 846. The molecule has 3 aliphatic heterocycles. The number of carbonyl (C=O) groups is 1. The molecule has 0 aliphatic carbocycles. The molecular weight excluding hydrogens is 317 g/mol. The van der Waals surface area contributed by atoms with Gasteiger partial charge in [-0.15, -0.1) is 0 Å². The summed E-state index contributed by atoms with van der Waals surface area (Å²) in [7, 11) is 0. The number of amides is 1. The highest BCUT2D eigenvalue weighted by atomic mass is 19.1. The predicted molar refractivity (Wildman–Crippen MR) is 95.3 cm³/mol. The van der Waals surface area contributed by atoms with Gasteiger partial charge in [-0.3, -0.25) is 9.69 Å². The Labute approximate surface area is 147 Å². The number of halogens is 1. The van der Waals surface area contributed by atoms with Crippen molar-refractivity contribution < 1.29 is 9.18 Å². The molecule has 2 saturated heterocycles. The third-order valence-electron chi connectivity index (χ3n) is 6.54. The first-order chi connectivity index (χ1) is 12.2. The van der Waals surface area contributed by atoms with E-state index < -0.39 is 0 Å². The third kappa shape index (κ3) is 2.25. The largest absolute Gasteiger partial charge is 0.350 e. The Morgan fingerprint density at radius 2 is 1.96 bits per heavy atom. The van der Waals surface area contributed by atoms with Gasteiger partial charge in [0.05, 0.1) is 5.56 Å². The van der Waals surface area contributed by atoms with Gasteiger partial charge < -0.3 is 9.88 Å². The molecule has 1 aromatic carbocycles. The summed E-state index contributed by atoms with van der Waals surface area (Å²) in [5, 5.41) is 3.98. The smallest absolute Gasteiger partial charge is 0.253 e. The molecule has 0 bridgehead atoms. The Hall–Kier alpha value is -1.88. The average Bonchev–Trinajstić information content (AvgIpc) is 3.32. The van der Waals surface area contributed by atoms with E-state index in [0.29, 0.717) is 12.1 Å². The van der Waals surface area contributed by atoms with E-state index in [4.69, 9.17) is 0 Å². The van der Waals surface area contributed by atoms with E-state index in [9.17, 15) is 9.18 Å². The molecule has 1 amide bonds. The Morgan fingerprint density at radius 1 is 1.16 bits per heavy atom. The molecule has 2 aromatic rings. The molecule has 0 atom stereocenters. The van der Waals surface area contributed by atoms with E-state index in [0.717, 1.165) is 49.1 Å². The zero-order valence-corrected chi connectivity index (χ0v) is 14.5. The summed E-state index contributed by atoms with van der Waals surface area (Å²) in [6.07, 6.45) is 6.77. The number of nitrogens with zero attached hydrogens (tertiary/aromatic N) is 2. The molecule has 1 aromatic heterocycles. The van der Waals surface area contributed by atoms with Gasteiger partial charge >= 0.3 is 0 Å². The third-order valence-corrected chi connectivity index (χ3v) is 6.54. The van der Waals surface area contributed by atoms with Crippen LogP contribution in [0.25, 0.3) is 10.9 Å². The van der Waals surface area contributed by atoms with Crippen molar-refractivity contribution in [3.8, 4) is 0 Å². The number of nitrogens with one attached hydrogen (secondary N) is 1. The summed E-state index contributed by atoms with van der Waals surface area (Å²) in [6, 6.07) is 4.82. The number of carbonyl (C=O) groups excluding carboxylic acids is 1. The fourth-order valence-corrected chi connectivity index (χ4v) is 5.40. The first-order valence-corrected chi connectivity index (χ1v) is 9.52. The lowest BCUT2D eigenvalue weighted by molar-refractivity contribution is 0.0920. The molecule has 3 aliphatic rings. The van der Waals surface area contributed by atoms with Gasteiger partial charge in [0.1, 0.15) is 5.82 Å². The Morgan fingerprint density at radius 3 is 2.76 bits per heavy atom. The molecule has 1 N–H and O–H groups in total. The topological polar surface area (TPSA) is 37.3 Å². The maximum absolute atomic E-state index is 13.8. The highest BCUT2D eigenvalue weighted by Gasteiger charge is 2.44. The monoisotopic (exact) mass is 341 g/mol. The Balaban J connectivity index is 1.47. The van der Waals surface area contributed by atoms with Crippen LogP contribution in [0.3, 0.4) is 0 Å². The zero-order valence-electron chi connectivity index (χ0n) is 14.5. The van der Waals surface area contributed by atoms with E-state index >= 15 is 0 Å². The van der Waals surface area contributed by atoms with Gasteiger partial charge in [-0.25, -0.2) is 4.39 Å². The van der Waals surface area contributed by atoms with Gasteiger partial charge in [0.25, 0.3) is 5.91 Å². The van der Waals surface area contributed by atoms with Gasteiger partial charge in [0.2, 0.25) is 0 Å². The molecule has 132 valence electrons. The van der Waals surface area contributed by atoms with Gasteiger partial charge in [0, 0.05) is 35.2 Å². The number of benzene rings is 1. The van der Waals surface area contributed by atoms with Gasteiger partial charge in [-0.2, -0.15) is 0 Å². The summed E-state index contributed by atoms with van der Waals surface area (Å²) in [5.74, 6) is -0.304.